The zero-order valence-electron chi connectivity index (χ0n) is 15.9. The molecule has 28 heavy (non-hydrogen) atoms. The lowest BCUT2D eigenvalue weighted by molar-refractivity contribution is 0.159. The van der Waals surface area contributed by atoms with Gasteiger partial charge in [0.05, 0.1) is 18.1 Å². The van der Waals surface area contributed by atoms with Crippen LogP contribution >= 0.6 is 11.6 Å². The standard InChI is InChI=1S/C21H26ClNO4S/c1-28(25,26)21-7-5-20(6-8-21)27-15-17-12-19(14-24)23(13-17)10-9-16-3-2-4-18(22)11-16/h2-8,11,17,19,24H,9-10,12-15H2,1H3/t17-,19+/m1/s1. The summed E-state index contributed by atoms with van der Waals surface area (Å²) in [5.41, 5.74) is 1.19. The Labute approximate surface area is 171 Å². The van der Waals surface area contributed by atoms with Gasteiger partial charge in [0.1, 0.15) is 5.75 Å². The molecule has 1 heterocycles. The predicted molar refractivity (Wildman–Crippen MR) is 111 cm³/mol. The topological polar surface area (TPSA) is 66.8 Å². The first-order valence-corrected chi connectivity index (χ1v) is 11.6. The van der Waals surface area contributed by atoms with E-state index in [0.717, 1.165) is 31.0 Å². The number of sulfone groups is 1. The molecule has 1 N–H and O–H groups in total. The molecule has 5 nitrogen and oxygen atoms in total. The molecule has 0 amide bonds. The smallest absolute Gasteiger partial charge is 0.175 e. The summed E-state index contributed by atoms with van der Waals surface area (Å²) in [5, 5.41) is 10.5. The highest BCUT2D eigenvalue weighted by Gasteiger charge is 2.31. The Morgan fingerprint density at radius 2 is 1.96 bits per heavy atom. The van der Waals surface area contributed by atoms with Gasteiger partial charge in [-0.05, 0) is 54.8 Å². The molecule has 7 heteroatoms. The second kappa shape index (κ2) is 9.27. The number of aliphatic hydroxyl groups excluding tert-OH is 1. The van der Waals surface area contributed by atoms with Gasteiger partial charge in [0, 0.05) is 36.3 Å². The minimum Gasteiger partial charge on any atom is -0.493 e. The van der Waals surface area contributed by atoms with E-state index in [9.17, 15) is 13.5 Å². The van der Waals surface area contributed by atoms with Crippen molar-refractivity contribution in [2.24, 2.45) is 5.92 Å². The number of benzene rings is 2. The van der Waals surface area contributed by atoms with E-state index in [-0.39, 0.29) is 17.5 Å². The van der Waals surface area contributed by atoms with E-state index in [0.29, 0.717) is 18.3 Å². The minimum atomic E-state index is -3.20. The largest absolute Gasteiger partial charge is 0.493 e. The average Bonchev–Trinajstić information content (AvgIpc) is 3.07. The van der Waals surface area contributed by atoms with Crippen LogP contribution in [-0.4, -0.2) is 57.0 Å². The number of likely N-dealkylation sites (tertiary alicyclic amines) is 1. The maximum atomic E-state index is 11.5. The maximum absolute atomic E-state index is 11.5. The van der Waals surface area contributed by atoms with Crippen molar-refractivity contribution in [2.45, 2.75) is 23.8 Å². The molecule has 0 bridgehead atoms. The number of hydrogen-bond donors (Lipinski definition) is 1. The Bertz CT molecular complexity index is 886. The number of hydrogen-bond acceptors (Lipinski definition) is 5. The third-order valence-electron chi connectivity index (χ3n) is 5.14. The summed E-state index contributed by atoms with van der Waals surface area (Å²) in [7, 11) is -3.20. The summed E-state index contributed by atoms with van der Waals surface area (Å²) in [5.74, 6) is 0.983. The Hall–Kier alpha value is -1.60. The van der Waals surface area contributed by atoms with E-state index in [1.807, 2.05) is 18.2 Å². The predicted octanol–water partition coefficient (Wildman–Crippen LogP) is 3.05. The van der Waals surface area contributed by atoms with E-state index in [2.05, 4.69) is 11.0 Å². The van der Waals surface area contributed by atoms with Crippen LogP contribution in [0.2, 0.25) is 5.02 Å². The van der Waals surface area contributed by atoms with Crippen LogP contribution in [-0.2, 0) is 16.3 Å². The quantitative estimate of drug-likeness (QED) is 0.706. The van der Waals surface area contributed by atoms with Crippen molar-refractivity contribution < 1.29 is 18.3 Å². The Morgan fingerprint density at radius 3 is 2.61 bits per heavy atom. The van der Waals surface area contributed by atoms with Crippen molar-refractivity contribution in [3.05, 3.63) is 59.1 Å². The monoisotopic (exact) mass is 423 g/mol. The first kappa shape index (κ1) is 21.1. The first-order chi connectivity index (χ1) is 13.3. The van der Waals surface area contributed by atoms with E-state index in [4.69, 9.17) is 16.3 Å². The van der Waals surface area contributed by atoms with Crippen LogP contribution < -0.4 is 4.74 Å². The number of halogens is 1. The third-order valence-corrected chi connectivity index (χ3v) is 6.50. The fourth-order valence-corrected chi connectivity index (χ4v) is 4.48. The van der Waals surface area contributed by atoms with Crippen LogP contribution in [0, 0.1) is 5.92 Å². The second-order valence-corrected chi connectivity index (χ2v) is 9.82. The SMILES string of the molecule is CS(=O)(=O)c1ccc(OC[C@@H]2C[C@@H](CO)N(CCc3cccc(Cl)c3)C2)cc1. The second-order valence-electron chi connectivity index (χ2n) is 7.37. The zero-order valence-corrected chi connectivity index (χ0v) is 17.5. The molecule has 1 aliphatic heterocycles. The van der Waals surface area contributed by atoms with Crippen molar-refractivity contribution in [3.8, 4) is 5.75 Å². The maximum Gasteiger partial charge on any atom is 0.175 e. The molecular weight excluding hydrogens is 398 g/mol. The highest BCUT2D eigenvalue weighted by molar-refractivity contribution is 7.90. The van der Waals surface area contributed by atoms with E-state index in [1.54, 1.807) is 24.3 Å². The molecule has 0 radical (unpaired) electrons. The molecule has 0 spiro atoms. The Kier molecular flexibility index (Phi) is 6.99. The highest BCUT2D eigenvalue weighted by Crippen LogP contribution is 2.25. The molecule has 1 aliphatic rings. The van der Waals surface area contributed by atoms with Crippen LogP contribution in [0.4, 0.5) is 0 Å². The zero-order chi connectivity index (χ0) is 20.1. The molecule has 0 unspecified atom stereocenters. The van der Waals surface area contributed by atoms with E-state index >= 15 is 0 Å². The summed E-state index contributed by atoms with van der Waals surface area (Å²) < 4.78 is 28.9. The van der Waals surface area contributed by atoms with Gasteiger partial charge >= 0.3 is 0 Å². The van der Waals surface area contributed by atoms with Gasteiger partial charge in [-0.3, -0.25) is 4.90 Å². The molecule has 0 saturated carbocycles. The van der Waals surface area contributed by atoms with Gasteiger partial charge in [-0.2, -0.15) is 0 Å². The van der Waals surface area contributed by atoms with Crippen molar-refractivity contribution in [1.29, 1.82) is 0 Å². The molecular formula is C21H26ClNO4S. The van der Waals surface area contributed by atoms with E-state index in [1.165, 1.54) is 11.8 Å². The van der Waals surface area contributed by atoms with Crippen molar-refractivity contribution in [2.75, 3.05) is 32.6 Å². The summed E-state index contributed by atoms with van der Waals surface area (Å²) in [6.07, 6.45) is 2.96. The van der Waals surface area contributed by atoms with Gasteiger partial charge in [0.15, 0.2) is 9.84 Å². The first-order valence-electron chi connectivity index (χ1n) is 9.37. The lowest BCUT2D eigenvalue weighted by Crippen LogP contribution is -2.34. The third kappa shape index (κ3) is 5.70. The molecule has 3 rings (SSSR count). The number of aliphatic hydroxyl groups is 1. The van der Waals surface area contributed by atoms with Crippen LogP contribution in [0.1, 0.15) is 12.0 Å². The summed E-state index contributed by atoms with van der Waals surface area (Å²) in [6, 6.07) is 14.5. The van der Waals surface area contributed by atoms with Crippen LogP contribution in [0.15, 0.2) is 53.4 Å². The summed E-state index contributed by atoms with van der Waals surface area (Å²) >= 11 is 6.05. The van der Waals surface area contributed by atoms with Crippen LogP contribution in [0.3, 0.4) is 0 Å². The van der Waals surface area contributed by atoms with Gasteiger partial charge in [0.25, 0.3) is 0 Å². The normalized spacial score (nSPS) is 20.4. The molecule has 2 atom stereocenters. The molecule has 1 saturated heterocycles. The number of rotatable bonds is 8. The van der Waals surface area contributed by atoms with Gasteiger partial charge in [-0.25, -0.2) is 8.42 Å². The average molecular weight is 424 g/mol. The fourth-order valence-electron chi connectivity index (χ4n) is 3.64. The van der Waals surface area contributed by atoms with Gasteiger partial charge in [-0.15, -0.1) is 0 Å². The molecule has 2 aromatic rings. The minimum absolute atomic E-state index is 0.134. The molecule has 0 aromatic heterocycles. The summed E-state index contributed by atoms with van der Waals surface area (Å²) in [4.78, 5) is 2.59. The molecule has 2 aromatic carbocycles. The number of ether oxygens (including phenoxy) is 1. The van der Waals surface area contributed by atoms with Crippen molar-refractivity contribution in [1.82, 2.24) is 4.90 Å². The summed E-state index contributed by atoms with van der Waals surface area (Å²) in [6.45, 7) is 2.41. The van der Waals surface area contributed by atoms with Gasteiger partial charge in [0.2, 0.25) is 0 Å². The van der Waals surface area contributed by atoms with Crippen molar-refractivity contribution in [3.63, 3.8) is 0 Å². The molecule has 1 fully saturated rings. The van der Waals surface area contributed by atoms with Gasteiger partial charge < -0.3 is 9.84 Å². The fraction of sp³-hybridized carbons (Fsp3) is 0.429. The van der Waals surface area contributed by atoms with Crippen LogP contribution in [0.5, 0.6) is 5.75 Å². The van der Waals surface area contributed by atoms with Crippen molar-refractivity contribution >= 4 is 21.4 Å². The molecule has 0 aliphatic carbocycles. The van der Waals surface area contributed by atoms with Crippen LogP contribution in [0.25, 0.3) is 0 Å². The lowest BCUT2D eigenvalue weighted by atomic mass is 10.1. The highest BCUT2D eigenvalue weighted by atomic mass is 35.5. The lowest BCUT2D eigenvalue weighted by Gasteiger charge is -2.22. The molecule has 152 valence electrons. The van der Waals surface area contributed by atoms with E-state index < -0.39 is 9.84 Å². The Morgan fingerprint density at radius 1 is 1.21 bits per heavy atom. The Balaban J connectivity index is 1.51. The van der Waals surface area contributed by atoms with Gasteiger partial charge in [-0.1, -0.05) is 23.7 Å². The number of nitrogens with zero attached hydrogens (tertiary/aromatic N) is 1.